The molecule has 2 N–H and O–H groups in total. The molecule has 1 aliphatic rings. The lowest BCUT2D eigenvalue weighted by Gasteiger charge is -2.15. The molecule has 1 saturated carbocycles. The number of hydrogen-bond donors (Lipinski definition) is 1. The van der Waals surface area contributed by atoms with E-state index in [4.69, 9.17) is 10.2 Å². The lowest BCUT2D eigenvalue weighted by molar-refractivity contribution is -0.131. The molecule has 4 heteroatoms. The summed E-state index contributed by atoms with van der Waals surface area (Å²) in [5.74, 6) is 0.186. The molecule has 0 spiro atoms. The molecule has 2 unspecified atom stereocenters. The second kappa shape index (κ2) is 3.46. The molecule has 1 fully saturated rings. The van der Waals surface area contributed by atoms with E-state index in [2.05, 4.69) is 0 Å². The number of nitrogens with two attached hydrogens (primary N) is 1. The highest BCUT2D eigenvalue weighted by molar-refractivity contribution is 5.82. The van der Waals surface area contributed by atoms with Gasteiger partial charge in [-0.25, -0.2) is 0 Å². The standard InChI is InChI=1S/C10H14N2O2/c1-12(5-7-2-3-14-6-7)10(13)8-4-9(8)11/h2-3,6,8-9H,4-5,11H2,1H3. The summed E-state index contributed by atoms with van der Waals surface area (Å²) in [6, 6.07) is 1.94. The summed E-state index contributed by atoms with van der Waals surface area (Å²) in [6.45, 7) is 0.596. The molecule has 2 rings (SSSR count). The minimum atomic E-state index is 0.0481. The van der Waals surface area contributed by atoms with E-state index in [-0.39, 0.29) is 17.9 Å². The quantitative estimate of drug-likeness (QED) is 0.766. The fourth-order valence-corrected chi connectivity index (χ4v) is 1.52. The molecular formula is C10H14N2O2. The van der Waals surface area contributed by atoms with E-state index >= 15 is 0 Å². The molecule has 1 amide bonds. The van der Waals surface area contributed by atoms with Crippen LogP contribution in [0.2, 0.25) is 0 Å². The molecule has 1 aromatic heterocycles. The average molecular weight is 194 g/mol. The van der Waals surface area contributed by atoms with E-state index in [0.29, 0.717) is 6.54 Å². The number of carbonyl (C=O) groups is 1. The number of carbonyl (C=O) groups excluding carboxylic acids is 1. The van der Waals surface area contributed by atoms with Crippen LogP contribution in [-0.4, -0.2) is 23.9 Å². The zero-order valence-electron chi connectivity index (χ0n) is 8.14. The van der Waals surface area contributed by atoms with Crippen LogP contribution in [0.15, 0.2) is 23.0 Å². The Balaban J connectivity index is 1.89. The normalized spacial score (nSPS) is 24.7. The first kappa shape index (κ1) is 9.27. The van der Waals surface area contributed by atoms with Crippen LogP contribution in [0.4, 0.5) is 0 Å². The van der Waals surface area contributed by atoms with Gasteiger partial charge in [0, 0.05) is 25.2 Å². The third-order valence-electron chi connectivity index (χ3n) is 2.53. The van der Waals surface area contributed by atoms with Gasteiger partial charge in [-0.05, 0) is 12.5 Å². The van der Waals surface area contributed by atoms with Gasteiger partial charge in [0.05, 0.1) is 18.4 Å². The van der Waals surface area contributed by atoms with Crippen molar-refractivity contribution in [2.24, 2.45) is 11.7 Å². The second-order valence-corrected chi connectivity index (χ2v) is 3.83. The minimum absolute atomic E-state index is 0.0481. The molecule has 1 aromatic rings. The van der Waals surface area contributed by atoms with Gasteiger partial charge in [0.25, 0.3) is 0 Å². The summed E-state index contributed by atoms with van der Waals surface area (Å²) >= 11 is 0. The highest BCUT2D eigenvalue weighted by Crippen LogP contribution is 2.29. The molecule has 0 saturated heterocycles. The van der Waals surface area contributed by atoms with E-state index in [1.165, 1.54) is 0 Å². The molecule has 0 bridgehead atoms. The Bertz CT molecular complexity index is 321. The Morgan fingerprint density at radius 1 is 1.79 bits per heavy atom. The van der Waals surface area contributed by atoms with Crippen molar-refractivity contribution < 1.29 is 9.21 Å². The Kier molecular flexibility index (Phi) is 2.29. The maximum absolute atomic E-state index is 11.7. The van der Waals surface area contributed by atoms with Gasteiger partial charge in [0.1, 0.15) is 0 Å². The van der Waals surface area contributed by atoms with Crippen molar-refractivity contribution in [1.29, 1.82) is 0 Å². The van der Waals surface area contributed by atoms with E-state index in [1.54, 1.807) is 24.5 Å². The summed E-state index contributed by atoms with van der Waals surface area (Å²) in [7, 11) is 1.79. The van der Waals surface area contributed by atoms with Crippen molar-refractivity contribution in [2.45, 2.75) is 19.0 Å². The third-order valence-corrected chi connectivity index (χ3v) is 2.53. The lowest BCUT2D eigenvalue weighted by atomic mass is 10.3. The predicted molar refractivity (Wildman–Crippen MR) is 51.3 cm³/mol. The zero-order valence-corrected chi connectivity index (χ0v) is 8.14. The molecule has 0 radical (unpaired) electrons. The van der Waals surface area contributed by atoms with Crippen LogP contribution < -0.4 is 5.73 Å². The van der Waals surface area contributed by atoms with Crippen LogP contribution in [0, 0.1) is 5.92 Å². The smallest absolute Gasteiger partial charge is 0.227 e. The summed E-state index contributed by atoms with van der Waals surface area (Å²) < 4.78 is 4.93. The molecule has 0 aliphatic heterocycles. The Hall–Kier alpha value is -1.29. The first-order valence-electron chi connectivity index (χ1n) is 4.70. The fourth-order valence-electron chi connectivity index (χ4n) is 1.52. The van der Waals surface area contributed by atoms with Crippen molar-refractivity contribution in [1.82, 2.24) is 4.90 Å². The number of amides is 1. The van der Waals surface area contributed by atoms with Crippen LogP contribution in [0.25, 0.3) is 0 Å². The maximum atomic E-state index is 11.7. The monoisotopic (exact) mass is 194 g/mol. The fraction of sp³-hybridized carbons (Fsp3) is 0.500. The van der Waals surface area contributed by atoms with Gasteiger partial charge in [-0.1, -0.05) is 0 Å². The van der Waals surface area contributed by atoms with Gasteiger partial charge in [-0.2, -0.15) is 0 Å². The summed E-state index contributed by atoms with van der Waals surface area (Å²) in [6.07, 6.45) is 4.08. The third kappa shape index (κ3) is 1.80. The zero-order chi connectivity index (χ0) is 10.1. The highest BCUT2D eigenvalue weighted by Gasteiger charge is 2.41. The van der Waals surface area contributed by atoms with Crippen molar-refractivity contribution in [2.75, 3.05) is 7.05 Å². The lowest BCUT2D eigenvalue weighted by Crippen LogP contribution is -2.29. The van der Waals surface area contributed by atoms with E-state index in [9.17, 15) is 4.79 Å². The Morgan fingerprint density at radius 3 is 3.00 bits per heavy atom. The first-order valence-corrected chi connectivity index (χ1v) is 4.70. The molecular weight excluding hydrogens is 180 g/mol. The van der Waals surface area contributed by atoms with Gasteiger partial charge in [0.2, 0.25) is 5.91 Å². The Labute approximate surface area is 82.7 Å². The molecule has 1 heterocycles. The summed E-state index contributed by atoms with van der Waals surface area (Å²) in [5.41, 5.74) is 6.62. The van der Waals surface area contributed by atoms with Crippen LogP contribution in [-0.2, 0) is 11.3 Å². The number of furan rings is 1. The van der Waals surface area contributed by atoms with Crippen molar-refractivity contribution >= 4 is 5.91 Å². The first-order chi connectivity index (χ1) is 6.68. The molecule has 14 heavy (non-hydrogen) atoms. The summed E-state index contributed by atoms with van der Waals surface area (Å²) in [5, 5.41) is 0. The van der Waals surface area contributed by atoms with Crippen molar-refractivity contribution in [3.05, 3.63) is 24.2 Å². The molecule has 2 atom stereocenters. The second-order valence-electron chi connectivity index (χ2n) is 3.83. The van der Waals surface area contributed by atoms with Gasteiger partial charge in [-0.3, -0.25) is 4.79 Å². The molecule has 1 aliphatic carbocycles. The number of rotatable bonds is 3. The predicted octanol–water partition coefficient (Wildman–Crippen LogP) is 0.585. The highest BCUT2D eigenvalue weighted by atomic mass is 16.3. The van der Waals surface area contributed by atoms with Crippen molar-refractivity contribution in [3.63, 3.8) is 0 Å². The molecule has 4 nitrogen and oxygen atoms in total. The largest absolute Gasteiger partial charge is 0.472 e. The average Bonchev–Trinajstić information content (AvgIpc) is 2.65. The Morgan fingerprint density at radius 2 is 2.50 bits per heavy atom. The maximum Gasteiger partial charge on any atom is 0.227 e. The number of hydrogen-bond acceptors (Lipinski definition) is 3. The van der Waals surface area contributed by atoms with E-state index in [1.807, 2.05) is 6.07 Å². The number of nitrogens with zero attached hydrogens (tertiary/aromatic N) is 1. The van der Waals surface area contributed by atoms with Crippen molar-refractivity contribution in [3.8, 4) is 0 Å². The van der Waals surface area contributed by atoms with Crippen LogP contribution >= 0.6 is 0 Å². The molecule has 76 valence electrons. The van der Waals surface area contributed by atoms with Crippen LogP contribution in [0.3, 0.4) is 0 Å². The SMILES string of the molecule is CN(Cc1ccoc1)C(=O)C1CC1N. The minimum Gasteiger partial charge on any atom is -0.472 e. The van der Waals surface area contributed by atoms with Gasteiger partial charge in [-0.15, -0.1) is 0 Å². The molecule has 0 aromatic carbocycles. The van der Waals surface area contributed by atoms with Gasteiger partial charge < -0.3 is 15.1 Å². The summed E-state index contributed by atoms with van der Waals surface area (Å²) in [4.78, 5) is 13.4. The van der Waals surface area contributed by atoms with E-state index in [0.717, 1.165) is 12.0 Å². The van der Waals surface area contributed by atoms with Crippen LogP contribution in [0.5, 0.6) is 0 Å². The van der Waals surface area contributed by atoms with E-state index < -0.39 is 0 Å². The van der Waals surface area contributed by atoms with Gasteiger partial charge in [0.15, 0.2) is 0 Å². The van der Waals surface area contributed by atoms with Gasteiger partial charge >= 0.3 is 0 Å². The van der Waals surface area contributed by atoms with Crippen LogP contribution in [0.1, 0.15) is 12.0 Å². The topological polar surface area (TPSA) is 59.5 Å².